The van der Waals surface area contributed by atoms with Gasteiger partial charge in [0.2, 0.25) is 5.91 Å². The van der Waals surface area contributed by atoms with Crippen LogP contribution in [0.5, 0.6) is 11.5 Å². The molecule has 2 aliphatic heterocycles. The van der Waals surface area contributed by atoms with Gasteiger partial charge in [-0.2, -0.15) is 0 Å². The van der Waals surface area contributed by atoms with E-state index in [1.165, 1.54) is 12.5 Å². The minimum atomic E-state index is -0.311. The van der Waals surface area contributed by atoms with Gasteiger partial charge in [0, 0.05) is 54.2 Å². The lowest BCUT2D eigenvalue weighted by atomic mass is 9.50. The third kappa shape index (κ3) is 4.22. The van der Waals surface area contributed by atoms with Gasteiger partial charge in [0.15, 0.2) is 0 Å². The fourth-order valence-corrected chi connectivity index (χ4v) is 7.98. The molecule has 6 rings (SSSR count). The Bertz CT molecular complexity index is 1300. The molecule has 0 N–H and O–H groups in total. The van der Waals surface area contributed by atoms with Crippen molar-refractivity contribution >= 4 is 18.0 Å². The van der Waals surface area contributed by atoms with Crippen LogP contribution < -0.4 is 9.47 Å². The highest BCUT2D eigenvalue weighted by atomic mass is 16.5. The Labute approximate surface area is 230 Å². The standard InChI is InChI=1S/C32H38N2O5/c1-5-14-33-15-13-32-24-7-8-25(34(18-20(2)3)29(36)11-6-22-12-16-37-19-22)31(32)39-28-10-9-27(38-21(4)35)23(30(28)32)17-26(24)33/h5-6,9-12,16,19-20,24-26,31H,1,7-8,13-15,17-18H2,2-4H3/t24-,25+,26+,31+,32-/m0/s1. The summed E-state index contributed by atoms with van der Waals surface area (Å²) in [5.74, 6) is 1.95. The van der Waals surface area contributed by atoms with Gasteiger partial charge in [-0.3, -0.25) is 14.5 Å². The second kappa shape index (κ2) is 10.0. The summed E-state index contributed by atoms with van der Waals surface area (Å²) in [5, 5.41) is 0. The highest BCUT2D eigenvalue weighted by Gasteiger charge is 2.66. The Morgan fingerprint density at radius 1 is 1.28 bits per heavy atom. The van der Waals surface area contributed by atoms with E-state index in [0.717, 1.165) is 55.6 Å². The van der Waals surface area contributed by atoms with E-state index < -0.39 is 0 Å². The lowest BCUT2D eigenvalue weighted by Gasteiger charge is -2.60. The number of rotatable bonds is 8. The van der Waals surface area contributed by atoms with Crippen molar-refractivity contribution in [2.75, 3.05) is 19.6 Å². The molecule has 5 atom stereocenters. The largest absolute Gasteiger partial charge is 0.487 e. The quantitative estimate of drug-likeness (QED) is 0.207. The second-order valence-corrected chi connectivity index (χ2v) is 11.9. The summed E-state index contributed by atoms with van der Waals surface area (Å²) in [7, 11) is 0. The summed E-state index contributed by atoms with van der Waals surface area (Å²) >= 11 is 0. The summed E-state index contributed by atoms with van der Waals surface area (Å²) in [6.07, 6.45) is 12.3. The van der Waals surface area contributed by atoms with Gasteiger partial charge in [0.25, 0.3) is 0 Å². The van der Waals surface area contributed by atoms with Gasteiger partial charge >= 0.3 is 5.97 Å². The highest BCUT2D eigenvalue weighted by Crippen LogP contribution is 2.63. The molecule has 7 heteroatoms. The average molecular weight is 531 g/mol. The van der Waals surface area contributed by atoms with E-state index >= 15 is 0 Å². The first-order valence-corrected chi connectivity index (χ1v) is 14.2. The fourth-order valence-electron chi connectivity index (χ4n) is 7.98. The van der Waals surface area contributed by atoms with Crippen LogP contribution >= 0.6 is 0 Å². The van der Waals surface area contributed by atoms with Crippen molar-refractivity contribution in [2.45, 2.75) is 70.1 Å². The summed E-state index contributed by atoms with van der Waals surface area (Å²) in [6.45, 7) is 12.2. The number of esters is 1. The lowest BCUT2D eigenvalue weighted by molar-refractivity contribution is -0.138. The van der Waals surface area contributed by atoms with E-state index in [1.807, 2.05) is 30.4 Å². The lowest BCUT2D eigenvalue weighted by Crippen LogP contribution is -2.69. The molecule has 0 radical (unpaired) electrons. The molecular formula is C32H38N2O5. The molecule has 2 aliphatic carbocycles. The van der Waals surface area contributed by atoms with Gasteiger partial charge in [-0.15, -0.1) is 6.58 Å². The number of hydrogen-bond donors (Lipinski definition) is 0. The second-order valence-electron chi connectivity index (χ2n) is 11.9. The molecule has 39 heavy (non-hydrogen) atoms. The van der Waals surface area contributed by atoms with Crippen LogP contribution in [0.4, 0.5) is 0 Å². The Balaban J connectivity index is 1.42. The molecule has 1 aromatic heterocycles. The first kappa shape index (κ1) is 25.9. The number of furan rings is 1. The summed E-state index contributed by atoms with van der Waals surface area (Å²) < 4.78 is 17.8. The number of nitrogens with zero attached hydrogens (tertiary/aromatic N) is 2. The van der Waals surface area contributed by atoms with E-state index in [1.54, 1.807) is 18.6 Å². The van der Waals surface area contributed by atoms with E-state index in [-0.39, 0.29) is 29.4 Å². The molecule has 2 fully saturated rings. The topological polar surface area (TPSA) is 72.2 Å². The molecule has 1 saturated heterocycles. The molecule has 2 bridgehead atoms. The van der Waals surface area contributed by atoms with Crippen LogP contribution in [0.15, 0.2) is 53.9 Å². The number of likely N-dealkylation sites (tertiary alicyclic amines) is 1. The van der Waals surface area contributed by atoms with Crippen molar-refractivity contribution < 1.29 is 23.5 Å². The van der Waals surface area contributed by atoms with Crippen molar-refractivity contribution in [1.29, 1.82) is 0 Å². The SMILES string of the molecule is C=CCN1CC[C@@]23c4c5ccc(OC(C)=O)c4C[C@@H]1[C@@H]2CC[C@@H](N(CC(C)C)C(=O)C=Cc1ccoc1)[C@H]3O5. The number of piperidine rings is 1. The molecule has 1 spiro atoms. The van der Waals surface area contributed by atoms with E-state index in [0.29, 0.717) is 30.2 Å². The van der Waals surface area contributed by atoms with Crippen LogP contribution in [0.1, 0.15) is 56.7 Å². The Hall–Kier alpha value is -3.32. The zero-order valence-electron chi connectivity index (χ0n) is 23.1. The highest BCUT2D eigenvalue weighted by molar-refractivity contribution is 5.92. The van der Waals surface area contributed by atoms with Crippen molar-refractivity contribution in [3.8, 4) is 11.5 Å². The normalized spacial score (nSPS) is 28.7. The molecule has 206 valence electrons. The Kier molecular flexibility index (Phi) is 6.66. The smallest absolute Gasteiger partial charge is 0.308 e. The van der Waals surface area contributed by atoms with Crippen molar-refractivity contribution in [1.82, 2.24) is 9.80 Å². The molecule has 2 aromatic rings. The van der Waals surface area contributed by atoms with Crippen LogP contribution in [-0.4, -0.2) is 59.5 Å². The number of amides is 1. The zero-order chi connectivity index (χ0) is 27.3. The molecule has 0 unspecified atom stereocenters. The predicted octanol–water partition coefficient (Wildman–Crippen LogP) is 5.00. The summed E-state index contributed by atoms with van der Waals surface area (Å²) in [4.78, 5) is 30.4. The Morgan fingerprint density at radius 3 is 2.85 bits per heavy atom. The summed E-state index contributed by atoms with van der Waals surface area (Å²) in [6, 6.07) is 5.97. The number of carbonyl (C=O) groups is 2. The first-order valence-electron chi connectivity index (χ1n) is 14.2. The van der Waals surface area contributed by atoms with E-state index in [2.05, 4.69) is 30.2 Å². The van der Waals surface area contributed by atoms with Gasteiger partial charge in [-0.25, -0.2) is 0 Å². The van der Waals surface area contributed by atoms with Gasteiger partial charge < -0.3 is 18.8 Å². The minimum Gasteiger partial charge on any atom is -0.487 e. The van der Waals surface area contributed by atoms with Gasteiger partial charge in [-0.05, 0) is 68.3 Å². The van der Waals surface area contributed by atoms with Gasteiger partial charge in [-0.1, -0.05) is 19.9 Å². The van der Waals surface area contributed by atoms with Crippen molar-refractivity contribution in [3.63, 3.8) is 0 Å². The maximum absolute atomic E-state index is 13.8. The average Bonchev–Trinajstić information content (AvgIpc) is 3.53. The molecule has 3 heterocycles. The number of hydrogen-bond acceptors (Lipinski definition) is 6. The molecule has 4 aliphatic rings. The first-order chi connectivity index (χ1) is 18.8. The number of ether oxygens (including phenoxy) is 2. The maximum atomic E-state index is 13.8. The van der Waals surface area contributed by atoms with E-state index in [9.17, 15) is 9.59 Å². The summed E-state index contributed by atoms with van der Waals surface area (Å²) in [5.41, 5.74) is 2.98. The van der Waals surface area contributed by atoms with Crippen LogP contribution in [0, 0.1) is 11.8 Å². The molecule has 1 saturated carbocycles. The van der Waals surface area contributed by atoms with Crippen LogP contribution in [0.3, 0.4) is 0 Å². The van der Waals surface area contributed by atoms with Crippen LogP contribution in [-0.2, 0) is 21.4 Å². The monoisotopic (exact) mass is 530 g/mol. The zero-order valence-corrected chi connectivity index (χ0v) is 23.1. The molecule has 7 nitrogen and oxygen atoms in total. The van der Waals surface area contributed by atoms with Gasteiger partial charge in [0.1, 0.15) is 17.6 Å². The molecular weight excluding hydrogens is 492 g/mol. The molecule has 1 amide bonds. The van der Waals surface area contributed by atoms with Crippen LogP contribution in [0.25, 0.3) is 6.08 Å². The fraction of sp³-hybridized carbons (Fsp3) is 0.500. The predicted molar refractivity (Wildman–Crippen MR) is 149 cm³/mol. The minimum absolute atomic E-state index is 0.00147. The third-order valence-corrected chi connectivity index (χ3v) is 9.23. The van der Waals surface area contributed by atoms with Gasteiger partial charge in [0.05, 0.1) is 18.6 Å². The molecule has 1 aromatic carbocycles. The van der Waals surface area contributed by atoms with Crippen LogP contribution in [0.2, 0.25) is 0 Å². The van der Waals surface area contributed by atoms with E-state index in [4.69, 9.17) is 13.9 Å². The van der Waals surface area contributed by atoms with Crippen molar-refractivity contribution in [2.24, 2.45) is 11.8 Å². The number of carbonyl (C=O) groups excluding carboxylic acids is 2. The number of benzene rings is 1. The third-order valence-electron chi connectivity index (χ3n) is 9.23. The Morgan fingerprint density at radius 2 is 2.13 bits per heavy atom. The maximum Gasteiger partial charge on any atom is 0.308 e. The van der Waals surface area contributed by atoms with Crippen molar-refractivity contribution in [3.05, 3.63) is 66.1 Å².